The molecule has 0 bridgehead atoms. The van der Waals surface area contributed by atoms with Gasteiger partial charge in [-0.3, -0.25) is 4.79 Å². The summed E-state index contributed by atoms with van der Waals surface area (Å²) in [5, 5.41) is 3.05. The minimum atomic E-state index is -1.96. The Kier molecular flexibility index (Phi) is 4.04. The largest absolute Gasteiger partial charge is 0.469 e. The molecule has 0 fully saturated rings. The lowest BCUT2D eigenvalue weighted by Crippen LogP contribution is -2.55. The molecule has 1 aromatic rings. The van der Waals surface area contributed by atoms with E-state index >= 15 is 0 Å². The molecule has 1 aliphatic heterocycles. The van der Waals surface area contributed by atoms with Gasteiger partial charge in [-0.1, -0.05) is 11.6 Å². The van der Waals surface area contributed by atoms with E-state index in [1.54, 1.807) is 0 Å². The Morgan fingerprint density at radius 3 is 2.67 bits per heavy atom. The monoisotopic (exact) mass is 313 g/mol. The fraction of sp³-hybridized carbons (Fsp3) is 0.308. The summed E-state index contributed by atoms with van der Waals surface area (Å²) in [5.41, 5.74) is -1.49. The SMILES string of the molecule is COC(=O)C[C@]1(C(=O)OC)Nc2ccc(Cl)cc2C(=O)O1. The van der Waals surface area contributed by atoms with Crippen LogP contribution >= 0.6 is 11.6 Å². The third-order valence-corrected chi connectivity index (χ3v) is 3.18. The normalized spacial score (nSPS) is 19.9. The molecule has 112 valence electrons. The molecule has 8 heteroatoms. The van der Waals surface area contributed by atoms with Gasteiger partial charge in [0.25, 0.3) is 5.72 Å². The van der Waals surface area contributed by atoms with Crippen LogP contribution in [0, 0.1) is 0 Å². The number of hydrogen-bond donors (Lipinski definition) is 1. The second kappa shape index (κ2) is 5.61. The van der Waals surface area contributed by atoms with Gasteiger partial charge in [0.2, 0.25) is 0 Å². The average molecular weight is 314 g/mol. The first-order valence-electron chi connectivity index (χ1n) is 5.88. The van der Waals surface area contributed by atoms with Crippen molar-refractivity contribution in [2.24, 2.45) is 0 Å². The molecule has 0 aromatic heterocycles. The van der Waals surface area contributed by atoms with Crippen molar-refractivity contribution >= 4 is 35.2 Å². The maximum Gasteiger partial charge on any atom is 0.372 e. The number of carbonyl (C=O) groups excluding carboxylic acids is 3. The van der Waals surface area contributed by atoms with Crippen LogP contribution in [0.2, 0.25) is 5.02 Å². The van der Waals surface area contributed by atoms with Crippen LogP contribution in [0.25, 0.3) is 0 Å². The van der Waals surface area contributed by atoms with E-state index < -0.39 is 30.1 Å². The molecule has 0 amide bonds. The highest BCUT2D eigenvalue weighted by Crippen LogP contribution is 2.33. The third kappa shape index (κ3) is 2.78. The smallest absolute Gasteiger partial charge is 0.372 e. The lowest BCUT2D eigenvalue weighted by molar-refractivity contribution is -0.167. The fourth-order valence-electron chi connectivity index (χ4n) is 1.94. The molecule has 21 heavy (non-hydrogen) atoms. The van der Waals surface area contributed by atoms with Crippen molar-refractivity contribution in [2.75, 3.05) is 19.5 Å². The Hall–Kier alpha value is -2.28. The number of nitrogens with one attached hydrogen (secondary N) is 1. The molecular formula is C13H12ClNO6. The number of esters is 3. The van der Waals surface area contributed by atoms with Crippen molar-refractivity contribution in [3.05, 3.63) is 28.8 Å². The van der Waals surface area contributed by atoms with Crippen molar-refractivity contribution in [3.8, 4) is 0 Å². The second-order valence-electron chi connectivity index (χ2n) is 4.28. The molecule has 1 heterocycles. The molecule has 0 spiro atoms. The molecule has 0 aliphatic carbocycles. The van der Waals surface area contributed by atoms with Gasteiger partial charge in [0.05, 0.1) is 25.5 Å². The highest BCUT2D eigenvalue weighted by Gasteiger charge is 2.50. The molecule has 1 aromatic carbocycles. The zero-order valence-corrected chi connectivity index (χ0v) is 12.0. The van der Waals surface area contributed by atoms with E-state index in [0.717, 1.165) is 14.2 Å². The predicted octanol–water partition coefficient (Wildman–Crippen LogP) is 1.35. The van der Waals surface area contributed by atoms with Crippen molar-refractivity contribution in [3.63, 3.8) is 0 Å². The number of rotatable bonds is 3. The Morgan fingerprint density at radius 2 is 2.05 bits per heavy atom. The van der Waals surface area contributed by atoms with Gasteiger partial charge in [-0.15, -0.1) is 0 Å². The minimum absolute atomic E-state index is 0.159. The van der Waals surface area contributed by atoms with E-state index in [0.29, 0.717) is 10.7 Å². The molecule has 1 N–H and O–H groups in total. The summed E-state index contributed by atoms with van der Waals surface area (Å²) >= 11 is 5.81. The van der Waals surface area contributed by atoms with E-state index in [-0.39, 0.29) is 5.56 Å². The Morgan fingerprint density at radius 1 is 1.33 bits per heavy atom. The number of methoxy groups -OCH3 is 2. The summed E-state index contributed by atoms with van der Waals surface area (Å²) in [6.45, 7) is 0. The molecule has 7 nitrogen and oxygen atoms in total. The van der Waals surface area contributed by atoms with Crippen LogP contribution in [0.5, 0.6) is 0 Å². The number of ether oxygens (including phenoxy) is 3. The molecular weight excluding hydrogens is 302 g/mol. The van der Waals surface area contributed by atoms with Gasteiger partial charge in [-0.05, 0) is 18.2 Å². The second-order valence-corrected chi connectivity index (χ2v) is 4.71. The van der Waals surface area contributed by atoms with Gasteiger partial charge in [0, 0.05) is 5.02 Å². The quantitative estimate of drug-likeness (QED) is 0.665. The van der Waals surface area contributed by atoms with Crippen LogP contribution in [0.15, 0.2) is 18.2 Å². The van der Waals surface area contributed by atoms with Crippen molar-refractivity contribution < 1.29 is 28.6 Å². The highest BCUT2D eigenvalue weighted by atomic mass is 35.5. The molecule has 0 unspecified atom stereocenters. The van der Waals surface area contributed by atoms with Crippen molar-refractivity contribution in [2.45, 2.75) is 12.1 Å². The summed E-state index contributed by atoms with van der Waals surface area (Å²) in [5.74, 6) is -2.44. The molecule has 2 rings (SSSR count). The number of cyclic esters (lactones) is 1. The van der Waals surface area contributed by atoms with Gasteiger partial charge in [0.1, 0.15) is 6.42 Å². The van der Waals surface area contributed by atoms with E-state index in [1.807, 2.05) is 0 Å². The van der Waals surface area contributed by atoms with E-state index in [2.05, 4.69) is 14.8 Å². The van der Waals surface area contributed by atoms with Crippen molar-refractivity contribution in [1.29, 1.82) is 0 Å². The van der Waals surface area contributed by atoms with Gasteiger partial charge in [-0.25, -0.2) is 9.59 Å². The van der Waals surface area contributed by atoms with Gasteiger partial charge in [0.15, 0.2) is 0 Å². The first kappa shape index (κ1) is 15.1. The van der Waals surface area contributed by atoms with E-state index in [4.69, 9.17) is 16.3 Å². The zero-order chi connectivity index (χ0) is 15.6. The van der Waals surface area contributed by atoms with Crippen LogP contribution in [0.4, 0.5) is 5.69 Å². The van der Waals surface area contributed by atoms with Gasteiger partial charge in [-0.2, -0.15) is 0 Å². The van der Waals surface area contributed by atoms with E-state index in [1.165, 1.54) is 18.2 Å². The topological polar surface area (TPSA) is 90.9 Å². The summed E-state index contributed by atoms with van der Waals surface area (Å²) in [4.78, 5) is 35.5. The maximum atomic E-state index is 12.1. The molecule has 1 aliphatic rings. The minimum Gasteiger partial charge on any atom is -0.469 e. The van der Waals surface area contributed by atoms with Crippen molar-refractivity contribution in [1.82, 2.24) is 0 Å². The van der Waals surface area contributed by atoms with Crippen LogP contribution < -0.4 is 5.32 Å². The van der Waals surface area contributed by atoms with Gasteiger partial charge < -0.3 is 19.5 Å². The standard InChI is InChI=1S/C13H12ClNO6/c1-19-10(16)6-13(12(18)20-2)15-9-4-3-7(14)5-8(9)11(17)21-13/h3-5,15H,6H2,1-2H3/t13-/m0/s1. The summed E-state index contributed by atoms with van der Waals surface area (Å²) < 4.78 is 14.2. The number of anilines is 1. The number of fused-ring (bicyclic) bond motifs is 1. The number of halogens is 1. The Bertz CT molecular complexity index is 617. The number of hydrogen-bond acceptors (Lipinski definition) is 7. The molecule has 0 saturated heterocycles. The summed E-state index contributed by atoms with van der Waals surface area (Å²) in [6, 6.07) is 4.44. The van der Waals surface area contributed by atoms with Gasteiger partial charge >= 0.3 is 17.9 Å². The van der Waals surface area contributed by atoms with Crippen LogP contribution in [-0.4, -0.2) is 37.9 Å². The van der Waals surface area contributed by atoms with Crippen LogP contribution in [0.1, 0.15) is 16.8 Å². The van der Waals surface area contributed by atoms with E-state index in [9.17, 15) is 14.4 Å². The zero-order valence-electron chi connectivity index (χ0n) is 11.3. The Balaban J connectivity index is 2.45. The first-order chi connectivity index (χ1) is 9.91. The lowest BCUT2D eigenvalue weighted by Gasteiger charge is -2.35. The Labute approximate surface area is 125 Å². The molecule has 0 radical (unpaired) electrons. The average Bonchev–Trinajstić information content (AvgIpc) is 2.47. The maximum absolute atomic E-state index is 12.1. The summed E-state index contributed by atoms with van der Waals surface area (Å²) in [7, 11) is 2.28. The predicted molar refractivity (Wildman–Crippen MR) is 71.9 cm³/mol. The van der Waals surface area contributed by atoms with Crippen LogP contribution in [-0.2, 0) is 23.8 Å². The van der Waals surface area contributed by atoms with Crippen LogP contribution in [0.3, 0.4) is 0 Å². The lowest BCUT2D eigenvalue weighted by atomic mass is 10.0. The number of benzene rings is 1. The third-order valence-electron chi connectivity index (χ3n) is 2.94. The molecule has 0 saturated carbocycles. The summed E-state index contributed by atoms with van der Waals surface area (Å²) in [6.07, 6.45) is -0.524. The highest BCUT2D eigenvalue weighted by molar-refractivity contribution is 6.31. The fourth-order valence-corrected chi connectivity index (χ4v) is 2.11. The number of carbonyl (C=O) groups is 3. The molecule has 1 atom stereocenters. The first-order valence-corrected chi connectivity index (χ1v) is 6.26.